The molecular formula is C16H20Br2N2O2S. The van der Waals surface area contributed by atoms with Gasteiger partial charge >= 0.3 is 0 Å². The molecule has 2 saturated carbocycles. The van der Waals surface area contributed by atoms with Gasteiger partial charge in [0.05, 0.1) is 0 Å². The SMILES string of the molecule is CC12CCC(CC1=NNS(=O)(=O)c1cc(Br)ccc1Br)C2(C)C. The maximum atomic E-state index is 12.6. The normalized spacial score (nSPS) is 30.8. The summed E-state index contributed by atoms with van der Waals surface area (Å²) < 4.78 is 26.4. The third-order valence-electron chi connectivity index (χ3n) is 6.00. The lowest BCUT2D eigenvalue weighted by molar-refractivity contribution is 0.193. The van der Waals surface area contributed by atoms with E-state index in [4.69, 9.17) is 0 Å². The molecule has 0 radical (unpaired) electrons. The van der Waals surface area contributed by atoms with Gasteiger partial charge in [-0.25, -0.2) is 4.83 Å². The molecule has 0 aromatic heterocycles. The Kier molecular flexibility index (Phi) is 4.21. The first kappa shape index (κ1) is 17.4. The molecule has 1 aromatic rings. The summed E-state index contributed by atoms with van der Waals surface area (Å²) in [4.78, 5) is 2.63. The molecule has 2 aliphatic carbocycles. The summed E-state index contributed by atoms with van der Waals surface area (Å²) >= 11 is 6.60. The molecule has 0 saturated heterocycles. The highest BCUT2D eigenvalue weighted by Crippen LogP contribution is 2.63. The number of fused-ring (bicyclic) bond motifs is 2. The van der Waals surface area contributed by atoms with Gasteiger partial charge in [0, 0.05) is 20.1 Å². The highest BCUT2D eigenvalue weighted by atomic mass is 79.9. The Balaban J connectivity index is 1.90. The maximum Gasteiger partial charge on any atom is 0.277 e. The largest absolute Gasteiger partial charge is 0.277 e. The van der Waals surface area contributed by atoms with Crippen molar-refractivity contribution >= 4 is 47.6 Å². The van der Waals surface area contributed by atoms with Gasteiger partial charge in [-0.1, -0.05) is 36.7 Å². The molecular weight excluding hydrogens is 444 g/mol. The van der Waals surface area contributed by atoms with Crippen molar-refractivity contribution in [2.75, 3.05) is 0 Å². The Bertz CT molecular complexity index is 789. The van der Waals surface area contributed by atoms with E-state index in [1.54, 1.807) is 18.2 Å². The lowest BCUT2D eigenvalue weighted by atomic mass is 9.70. The van der Waals surface area contributed by atoms with E-state index in [-0.39, 0.29) is 15.7 Å². The predicted octanol–water partition coefficient (Wildman–Crippen LogP) is 4.69. The fourth-order valence-electron chi connectivity index (χ4n) is 3.95. The topological polar surface area (TPSA) is 58.5 Å². The molecule has 1 aromatic carbocycles. The van der Waals surface area contributed by atoms with Gasteiger partial charge in [0.25, 0.3) is 10.0 Å². The van der Waals surface area contributed by atoms with Gasteiger partial charge in [0.2, 0.25) is 0 Å². The van der Waals surface area contributed by atoms with Crippen molar-refractivity contribution < 1.29 is 8.42 Å². The number of rotatable bonds is 3. The number of sulfonamides is 1. The van der Waals surface area contributed by atoms with Crippen molar-refractivity contribution in [1.82, 2.24) is 4.83 Å². The van der Waals surface area contributed by atoms with Crippen LogP contribution in [0.3, 0.4) is 0 Å². The summed E-state index contributed by atoms with van der Waals surface area (Å²) in [7, 11) is -3.70. The number of halogens is 2. The second-order valence-corrected chi connectivity index (χ2v) is 10.6. The minimum Gasteiger partial charge on any atom is -0.200 e. The average Bonchev–Trinajstić information content (AvgIpc) is 2.80. The van der Waals surface area contributed by atoms with Crippen molar-refractivity contribution in [3.63, 3.8) is 0 Å². The van der Waals surface area contributed by atoms with E-state index in [1.165, 1.54) is 6.42 Å². The van der Waals surface area contributed by atoms with E-state index in [0.29, 0.717) is 14.9 Å². The van der Waals surface area contributed by atoms with Crippen LogP contribution in [0.5, 0.6) is 0 Å². The molecule has 0 heterocycles. The predicted molar refractivity (Wildman–Crippen MR) is 98.8 cm³/mol. The van der Waals surface area contributed by atoms with Crippen molar-refractivity contribution in [3.8, 4) is 0 Å². The molecule has 7 heteroatoms. The van der Waals surface area contributed by atoms with Crippen LogP contribution in [0.25, 0.3) is 0 Å². The van der Waals surface area contributed by atoms with E-state index >= 15 is 0 Å². The number of benzene rings is 1. The zero-order chi connectivity index (χ0) is 17.0. The van der Waals surface area contributed by atoms with Crippen molar-refractivity contribution in [3.05, 3.63) is 27.1 Å². The molecule has 0 amide bonds. The molecule has 0 aliphatic heterocycles. The fourth-order valence-corrected chi connectivity index (χ4v) is 6.28. The quantitative estimate of drug-likeness (QED) is 0.660. The summed E-state index contributed by atoms with van der Waals surface area (Å²) in [5.41, 5.74) is 1.14. The number of hydrazone groups is 1. The van der Waals surface area contributed by atoms with Crippen molar-refractivity contribution in [1.29, 1.82) is 0 Å². The molecule has 2 bridgehead atoms. The van der Waals surface area contributed by atoms with Gasteiger partial charge in [-0.2, -0.15) is 13.5 Å². The Labute approximate surface area is 154 Å². The zero-order valence-electron chi connectivity index (χ0n) is 13.4. The first-order valence-corrected chi connectivity index (χ1v) is 10.7. The Morgan fingerprint density at radius 1 is 1.26 bits per heavy atom. The van der Waals surface area contributed by atoms with Crippen LogP contribution in [0.4, 0.5) is 0 Å². The van der Waals surface area contributed by atoms with Crippen molar-refractivity contribution in [2.45, 2.75) is 44.9 Å². The van der Waals surface area contributed by atoms with Gasteiger partial charge in [-0.3, -0.25) is 0 Å². The molecule has 23 heavy (non-hydrogen) atoms. The number of hydrogen-bond donors (Lipinski definition) is 1. The number of nitrogens with zero attached hydrogens (tertiary/aromatic N) is 1. The van der Waals surface area contributed by atoms with Crippen LogP contribution >= 0.6 is 31.9 Å². The summed E-state index contributed by atoms with van der Waals surface area (Å²) in [5.74, 6) is 0.591. The van der Waals surface area contributed by atoms with Crippen LogP contribution < -0.4 is 4.83 Å². The highest BCUT2D eigenvalue weighted by molar-refractivity contribution is 9.11. The summed E-state index contributed by atoms with van der Waals surface area (Å²) in [6.45, 7) is 6.75. The Hall–Kier alpha value is -0.400. The molecule has 0 spiro atoms. The van der Waals surface area contributed by atoms with Crippen LogP contribution in [-0.4, -0.2) is 14.1 Å². The third-order valence-corrected chi connectivity index (χ3v) is 8.69. The zero-order valence-corrected chi connectivity index (χ0v) is 17.3. The second kappa shape index (κ2) is 5.56. The van der Waals surface area contributed by atoms with E-state index in [0.717, 1.165) is 18.6 Å². The lowest BCUT2D eigenvalue weighted by Gasteiger charge is -2.34. The minimum atomic E-state index is -3.70. The summed E-state index contributed by atoms with van der Waals surface area (Å²) in [6, 6.07) is 5.06. The minimum absolute atomic E-state index is 0.0192. The third kappa shape index (κ3) is 2.68. The average molecular weight is 464 g/mol. The summed E-state index contributed by atoms with van der Waals surface area (Å²) in [6.07, 6.45) is 3.16. The van der Waals surface area contributed by atoms with E-state index in [1.807, 2.05) is 0 Å². The summed E-state index contributed by atoms with van der Waals surface area (Å²) in [5, 5.41) is 4.33. The van der Waals surface area contributed by atoms with Crippen LogP contribution in [0.15, 0.2) is 37.1 Å². The highest BCUT2D eigenvalue weighted by Gasteiger charge is 2.60. The smallest absolute Gasteiger partial charge is 0.200 e. The van der Waals surface area contributed by atoms with Crippen LogP contribution in [0.2, 0.25) is 0 Å². The van der Waals surface area contributed by atoms with Crippen LogP contribution in [0.1, 0.15) is 40.0 Å². The Morgan fingerprint density at radius 3 is 2.52 bits per heavy atom. The van der Waals surface area contributed by atoms with Gasteiger partial charge < -0.3 is 0 Å². The second-order valence-electron chi connectivity index (χ2n) is 7.22. The molecule has 126 valence electrons. The van der Waals surface area contributed by atoms with Crippen LogP contribution in [0, 0.1) is 16.7 Å². The molecule has 2 aliphatic rings. The van der Waals surface area contributed by atoms with Crippen LogP contribution in [-0.2, 0) is 10.0 Å². The number of nitrogens with one attached hydrogen (secondary N) is 1. The molecule has 1 N–H and O–H groups in total. The Morgan fingerprint density at radius 2 is 1.96 bits per heavy atom. The van der Waals surface area contributed by atoms with Gasteiger partial charge in [-0.05, 0) is 64.7 Å². The molecule has 2 unspecified atom stereocenters. The number of hydrogen-bond acceptors (Lipinski definition) is 3. The van der Waals surface area contributed by atoms with E-state index < -0.39 is 10.0 Å². The van der Waals surface area contributed by atoms with Crippen molar-refractivity contribution in [2.24, 2.45) is 21.8 Å². The molecule has 2 atom stereocenters. The molecule has 3 rings (SSSR count). The first-order valence-electron chi connectivity index (χ1n) is 7.62. The van der Waals surface area contributed by atoms with E-state index in [9.17, 15) is 8.42 Å². The van der Waals surface area contributed by atoms with E-state index in [2.05, 4.69) is 62.6 Å². The fraction of sp³-hybridized carbons (Fsp3) is 0.562. The van der Waals surface area contributed by atoms with Gasteiger partial charge in [-0.15, -0.1) is 0 Å². The monoisotopic (exact) mass is 462 g/mol. The lowest BCUT2D eigenvalue weighted by Crippen LogP contribution is -2.34. The van der Waals surface area contributed by atoms with Gasteiger partial charge in [0.15, 0.2) is 0 Å². The maximum absolute atomic E-state index is 12.6. The molecule has 2 fully saturated rings. The van der Waals surface area contributed by atoms with Gasteiger partial charge in [0.1, 0.15) is 4.90 Å². The molecule has 4 nitrogen and oxygen atoms in total. The standard InChI is InChI=1S/C16H20Br2N2O2S/c1-15(2)10-6-7-16(15,3)14(8-10)19-20-23(21,22)13-9-11(17)4-5-12(13)18/h4-5,9-10,20H,6-8H2,1-3H3. The first-order chi connectivity index (χ1) is 10.6.